The Morgan fingerprint density at radius 3 is 2.86 bits per heavy atom. The van der Waals surface area contributed by atoms with E-state index in [2.05, 4.69) is 6.07 Å². The first-order valence-corrected chi connectivity index (χ1v) is 4.78. The number of halogens is 1. The summed E-state index contributed by atoms with van der Waals surface area (Å²) in [5.74, 6) is -0.00475. The number of benzene rings is 1. The highest BCUT2D eigenvalue weighted by atomic mass is 35.5. The third-order valence-corrected chi connectivity index (χ3v) is 2.27. The fourth-order valence-corrected chi connectivity index (χ4v) is 1.27. The Bertz CT molecular complexity index is 393. The van der Waals surface area contributed by atoms with E-state index in [-0.39, 0.29) is 11.7 Å². The van der Waals surface area contributed by atoms with Gasteiger partial charge in [0.15, 0.2) is 5.78 Å². The number of alkyl halides is 1. The van der Waals surface area contributed by atoms with E-state index in [0.717, 1.165) is 11.1 Å². The van der Waals surface area contributed by atoms with Crippen molar-refractivity contribution in [2.45, 2.75) is 13.3 Å². The highest BCUT2D eigenvalue weighted by Crippen LogP contribution is 2.10. The molecular formula is C11H10ClNO. The van der Waals surface area contributed by atoms with Gasteiger partial charge >= 0.3 is 0 Å². The summed E-state index contributed by atoms with van der Waals surface area (Å²) in [6, 6.07) is 7.51. The summed E-state index contributed by atoms with van der Waals surface area (Å²) in [6.07, 6.45) is 0.304. The second-order valence-electron chi connectivity index (χ2n) is 3.11. The smallest absolute Gasteiger partial charge is 0.151 e. The maximum atomic E-state index is 11.1. The molecule has 0 fully saturated rings. The molecule has 0 aliphatic rings. The highest BCUT2D eigenvalue weighted by molar-refractivity contribution is 6.27. The zero-order chi connectivity index (χ0) is 10.6. The summed E-state index contributed by atoms with van der Waals surface area (Å²) < 4.78 is 0. The van der Waals surface area contributed by atoms with E-state index >= 15 is 0 Å². The molecule has 1 aromatic rings. The lowest BCUT2D eigenvalue weighted by Gasteiger charge is -2.01. The summed E-state index contributed by atoms with van der Waals surface area (Å²) in [7, 11) is 0. The van der Waals surface area contributed by atoms with Gasteiger partial charge in [0.2, 0.25) is 0 Å². The topological polar surface area (TPSA) is 40.9 Å². The molecule has 0 saturated carbocycles. The molecule has 0 amide bonds. The van der Waals surface area contributed by atoms with Crippen LogP contribution in [0.4, 0.5) is 0 Å². The molecule has 0 radical (unpaired) electrons. The lowest BCUT2D eigenvalue weighted by atomic mass is 10.0. The zero-order valence-electron chi connectivity index (χ0n) is 7.88. The predicted molar refractivity (Wildman–Crippen MR) is 55.3 cm³/mol. The molecule has 3 heteroatoms. The van der Waals surface area contributed by atoms with Gasteiger partial charge in [0, 0.05) is 6.42 Å². The molecule has 0 heterocycles. The van der Waals surface area contributed by atoms with Gasteiger partial charge in [-0.3, -0.25) is 4.79 Å². The van der Waals surface area contributed by atoms with Gasteiger partial charge in [-0.05, 0) is 24.1 Å². The molecule has 0 aliphatic carbocycles. The van der Waals surface area contributed by atoms with Crippen molar-refractivity contribution in [3.63, 3.8) is 0 Å². The standard InChI is InChI=1S/C11H10ClNO/c1-8-2-3-9(4-10(8)7-13)5-11(14)6-12/h2-4H,5-6H2,1H3. The Morgan fingerprint density at radius 2 is 2.29 bits per heavy atom. The summed E-state index contributed by atoms with van der Waals surface area (Å²) in [4.78, 5) is 11.1. The summed E-state index contributed by atoms with van der Waals surface area (Å²) in [5.41, 5.74) is 2.39. The number of nitrogens with zero attached hydrogens (tertiary/aromatic N) is 1. The minimum atomic E-state index is -0.0283. The van der Waals surface area contributed by atoms with Gasteiger partial charge in [-0.1, -0.05) is 12.1 Å². The molecule has 0 N–H and O–H groups in total. The zero-order valence-corrected chi connectivity index (χ0v) is 8.64. The van der Waals surface area contributed by atoms with Gasteiger partial charge in [-0.15, -0.1) is 11.6 Å². The van der Waals surface area contributed by atoms with Gasteiger partial charge in [-0.2, -0.15) is 5.26 Å². The van der Waals surface area contributed by atoms with E-state index in [0.29, 0.717) is 12.0 Å². The van der Waals surface area contributed by atoms with Crippen molar-refractivity contribution in [3.05, 3.63) is 34.9 Å². The van der Waals surface area contributed by atoms with Crippen molar-refractivity contribution in [1.82, 2.24) is 0 Å². The second-order valence-corrected chi connectivity index (χ2v) is 3.38. The average molecular weight is 208 g/mol. The molecule has 1 rings (SSSR count). The first kappa shape index (κ1) is 10.7. The number of ketones is 1. The average Bonchev–Trinajstić information content (AvgIpc) is 2.20. The summed E-state index contributed by atoms with van der Waals surface area (Å²) in [6.45, 7) is 1.87. The predicted octanol–water partition coefficient (Wildman–Crippen LogP) is 2.22. The summed E-state index contributed by atoms with van der Waals surface area (Å²) >= 11 is 5.39. The Hall–Kier alpha value is -1.33. The van der Waals surface area contributed by atoms with Crippen molar-refractivity contribution in [2.75, 3.05) is 5.88 Å². The van der Waals surface area contributed by atoms with Crippen LogP contribution in [-0.2, 0) is 11.2 Å². The third kappa shape index (κ3) is 2.58. The molecule has 0 aliphatic heterocycles. The van der Waals surface area contributed by atoms with Crippen LogP contribution in [0.2, 0.25) is 0 Å². The SMILES string of the molecule is Cc1ccc(CC(=O)CCl)cc1C#N. The Balaban J connectivity index is 2.91. The van der Waals surface area contributed by atoms with Gasteiger partial charge in [0.05, 0.1) is 17.5 Å². The van der Waals surface area contributed by atoms with E-state index in [1.54, 1.807) is 6.07 Å². The third-order valence-electron chi connectivity index (χ3n) is 1.97. The monoisotopic (exact) mass is 207 g/mol. The molecule has 14 heavy (non-hydrogen) atoms. The van der Waals surface area contributed by atoms with Gasteiger partial charge in [0.1, 0.15) is 0 Å². The van der Waals surface area contributed by atoms with Crippen molar-refractivity contribution in [3.8, 4) is 6.07 Å². The fraction of sp³-hybridized carbons (Fsp3) is 0.273. The van der Waals surface area contributed by atoms with E-state index in [1.165, 1.54) is 0 Å². The van der Waals surface area contributed by atoms with Crippen LogP contribution in [-0.4, -0.2) is 11.7 Å². The van der Waals surface area contributed by atoms with Gasteiger partial charge < -0.3 is 0 Å². The summed E-state index contributed by atoms with van der Waals surface area (Å²) in [5, 5.41) is 8.77. The van der Waals surface area contributed by atoms with Gasteiger partial charge in [0.25, 0.3) is 0 Å². The van der Waals surface area contributed by atoms with Crippen LogP contribution in [0.1, 0.15) is 16.7 Å². The van der Waals surface area contributed by atoms with Crippen molar-refractivity contribution in [1.29, 1.82) is 5.26 Å². The molecule has 2 nitrogen and oxygen atoms in total. The molecule has 0 bridgehead atoms. The molecule has 0 spiro atoms. The Kier molecular flexibility index (Phi) is 3.67. The number of carbonyl (C=O) groups excluding carboxylic acids is 1. The van der Waals surface area contributed by atoms with Crippen molar-refractivity contribution < 1.29 is 4.79 Å². The number of hydrogen-bond acceptors (Lipinski definition) is 2. The number of nitriles is 1. The Labute approximate surface area is 88.1 Å². The molecule has 0 unspecified atom stereocenters. The van der Waals surface area contributed by atoms with Gasteiger partial charge in [-0.25, -0.2) is 0 Å². The first-order chi connectivity index (χ1) is 6.67. The molecule has 0 aromatic heterocycles. The molecular weight excluding hydrogens is 198 g/mol. The fourth-order valence-electron chi connectivity index (χ4n) is 1.17. The van der Waals surface area contributed by atoms with Crippen LogP contribution in [0.3, 0.4) is 0 Å². The lowest BCUT2D eigenvalue weighted by molar-refractivity contribution is -0.116. The van der Waals surface area contributed by atoms with Crippen molar-refractivity contribution >= 4 is 17.4 Å². The van der Waals surface area contributed by atoms with Crippen LogP contribution in [0.5, 0.6) is 0 Å². The van der Waals surface area contributed by atoms with Crippen LogP contribution < -0.4 is 0 Å². The first-order valence-electron chi connectivity index (χ1n) is 4.24. The van der Waals surface area contributed by atoms with Crippen molar-refractivity contribution in [2.24, 2.45) is 0 Å². The normalized spacial score (nSPS) is 9.50. The van der Waals surface area contributed by atoms with E-state index < -0.39 is 0 Å². The molecule has 72 valence electrons. The van der Waals surface area contributed by atoms with E-state index in [4.69, 9.17) is 16.9 Å². The second kappa shape index (κ2) is 4.78. The van der Waals surface area contributed by atoms with E-state index in [1.807, 2.05) is 19.1 Å². The van der Waals surface area contributed by atoms with Crippen LogP contribution in [0.25, 0.3) is 0 Å². The number of aryl methyl sites for hydroxylation is 1. The molecule has 0 saturated heterocycles. The maximum Gasteiger partial charge on any atom is 0.151 e. The maximum absolute atomic E-state index is 11.1. The Morgan fingerprint density at radius 1 is 1.57 bits per heavy atom. The number of rotatable bonds is 3. The highest BCUT2D eigenvalue weighted by Gasteiger charge is 2.04. The largest absolute Gasteiger partial charge is 0.298 e. The number of Topliss-reactive ketones (excluding diaryl/α,β-unsaturated/α-hetero) is 1. The minimum Gasteiger partial charge on any atom is -0.298 e. The minimum absolute atomic E-state index is 0.0236. The number of hydrogen-bond donors (Lipinski definition) is 0. The van der Waals surface area contributed by atoms with Crippen LogP contribution in [0, 0.1) is 18.3 Å². The van der Waals surface area contributed by atoms with E-state index in [9.17, 15) is 4.79 Å². The molecule has 1 aromatic carbocycles. The lowest BCUT2D eigenvalue weighted by Crippen LogP contribution is -2.04. The molecule has 0 atom stereocenters. The van der Waals surface area contributed by atoms with Crippen LogP contribution >= 0.6 is 11.6 Å². The van der Waals surface area contributed by atoms with Crippen LogP contribution in [0.15, 0.2) is 18.2 Å². The number of carbonyl (C=O) groups is 1. The quantitative estimate of drug-likeness (QED) is 0.714.